The molecule has 0 bridgehead atoms. The van der Waals surface area contributed by atoms with Crippen molar-refractivity contribution in [3.05, 3.63) is 0 Å². The normalized spacial score (nSPS) is 21.8. The molecule has 0 aromatic heterocycles. The van der Waals surface area contributed by atoms with Gasteiger partial charge in [0.1, 0.15) is 0 Å². The zero-order chi connectivity index (χ0) is 17.5. The van der Waals surface area contributed by atoms with Gasteiger partial charge in [-0.2, -0.15) is 0 Å². The van der Waals surface area contributed by atoms with Gasteiger partial charge in [0, 0.05) is 51.3 Å². The highest BCUT2D eigenvalue weighted by Crippen LogP contribution is 2.21. The minimum absolute atomic E-state index is 0.256. The van der Waals surface area contributed by atoms with E-state index in [2.05, 4.69) is 42.4 Å². The van der Waals surface area contributed by atoms with Gasteiger partial charge in [0.25, 0.3) is 0 Å². The number of piperazine rings is 1. The SMILES string of the molecule is CC(C)OCCCN1CCN(C(=O)C2CCN(C(C)C)CC2)CC1. The van der Waals surface area contributed by atoms with Gasteiger partial charge < -0.3 is 14.5 Å². The van der Waals surface area contributed by atoms with E-state index in [4.69, 9.17) is 4.74 Å². The summed E-state index contributed by atoms with van der Waals surface area (Å²) < 4.78 is 5.60. The molecule has 0 unspecified atom stereocenters. The minimum Gasteiger partial charge on any atom is -0.379 e. The van der Waals surface area contributed by atoms with E-state index in [-0.39, 0.29) is 5.92 Å². The molecule has 0 spiro atoms. The molecule has 2 heterocycles. The summed E-state index contributed by atoms with van der Waals surface area (Å²) in [5.74, 6) is 0.659. The Kier molecular flexibility index (Phi) is 7.98. The van der Waals surface area contributed by atoms with Crippen molar-refractivity contribution in [1.82, 2.24) is 14.7 Å². The monoisotopic (exact) mass is 339 g/mol. The Morgan fingerprint density at radius 2 is 1.62 bits per heavy atom. The number of rotatable bonds is 7. The molecular weight excluding hydrogens is 302 g/mol. The van der Waals surface area contributed by atoms with E-state index in [1.54, 1.807) is 0 Å². The molecule has 2 saturated heterocycles. The first-order valence-corrected chi connectivity index (χ1v) is 9.84. The van der Waals surface area contributed by atoms with Crippen molar-refractivity contribution in [2.45, 2.75) is 59.1 Å². The number of ether oxygens (including phenoxy) is 1. The van der Waals surface area contributed by atoms with Crippen LogP contribution in [0.3, 0.4) is 0 Å². The number of hydrogen-bond acceptors (Lipinski definition) is 4. The molecule has 24 heavy (non-hydrogen) atoms. The van der Waals surface area contributed by atoms with Crippen molar-refractivity contribution >= 4 is 5.91 Å². The molecule has 0 aliphatic carbocycles. The summed E-state index contributed by atoms with van der Waals surface area (Å²) in [5, 5.41) is 0. The van der Waals surface area contributed by atoms with E-state index in [1.807, 2.05) is 0 Å². The van der Waals surface area contributed by atoms with E-state index in [0.717, 1.165) is 71.7 Å². The third kappa shape index (κ3) is 6.01. The summed E-state index contributed by atoms with van der Waals surface area (Å²) in [4.78, 5) is 19.8. The van der Waals surface area contributed by atoms with Crippen LogP contribution in [0.4, 0.5) is 0 Å². The van der Waals surface area contributed by atoms with Gasteiger partial charge in [0.15, 0.2) is 0 Å². The molecular formula is C19H37N3O2. The van der Waals surface area contributed by atoms with Crippen LogP contribution < -0.4 is 0 Å². The average molecular weight is 340 g/mol. The average Bonchev–Trinajstić information content (AvgIpc) is 2.58. The molecule has 0 radical (unpaired) electrons. The van der Waals surface area contributed by atoms with Crippen molar-refractivity contribution in [2.24, 2.45) is 5.92 Å². The smallest absolute Gasteiger partial charge is 0.225 e. The van der Waals surface area contributed by atoms with E-state index in [0.29, 0.717) is 18.1 Å². The molecule has 5 heteroatoms. The molecule has 0 aromatic rings. The summed E-state index contributed by atoms with van der Waals surface area (Å²) >= 11 is 0. The zero-order valence-corrected chi connectivity index (χ0v) is 16.2. The molecule has 0 aromatic carbocycles. The Labute approximate surface area is 148 Å². The van der Waals surface area contributed by atoms with Crippen LogP contribution in [0.2, 0.25) is 0 Å². The predicted molar refractivity (Wildman–Crippen MR) is 98.2 cm³/mol. The largest absolute Gasteiger partial charge is 0.379 e. The maximum Gasteiger partial charge on any atom is 0.225 e. The summed E-state index contributed by atoms with van der Waals surface area (Å²) in [6.45, 7) is 16.5. The summed E-state index contributed by atoms with van der Waals surface area (Å²) in [6.07, 6.45) is 3.47. The lowest BCUT2D eigenvalue weighted by Gasteiger charge is -2.39. The first-order valence-electron chi connectivity index (χ1n) is 9.84. The van der Waals surface area contributed by atoms with Gasteiger partial charge in [0.2, 0.25) is 5.91 Å². The molecule has 2 fully saturated rings. The van der Waals surface area contributed by atoms with Crippen LogP contribution in [0.5, 0.6) is 0 Å². The Morgan fingerprint density at radius 3 is 2.17 bits per heavy atom. The van der Waals surface area contributed by atoms with E-state index in [1.165, 1.54) is 0 Å². The van der Waals surface area contributed by atoms with Gasteiger partial charge in [-0.05, 0) is 60.0 Å². The molecule has 140 valence electrons. The van der Waals surface area contributed by atoms with Gasteiger partial charge in [-0.1, -0.05) is 0 Å². The van der Waals surface area contributed by atoms with Crippen LogP contribution in [0.15, 0.2) is 0 Å². The van der Waals surface area contributed by atoms with Crippen LogP contribution in [0.25, 0.3) is 0 Å². The number of carbonyl (C=O) groups is 1. The number of carbonyl (C=O) groups excluding carboxylic acids is 1. The lowest BCUT2D eigenvalue weighted by molar-refractivity contribution is -0.139. The first kappa shape index (κ1) is 19.7. The second kappa shape index (κ2) is 9.73. The number of amides is 1. The summed E-state index contributed by atoms with van der Waals surface area (Å²) in [7, 11) is 0. The Morgan fingerprint density at radius 1 is 1.00 bits per heavy atom. The molecule has 2 aliphatic rings. The van der Waals surface area contributed by atoms with Gasteiger partial charge >= 0.3 is 0 Å². The fraction of sp³-hybridized carbons (Fsp3) is 0.947. The van der Waals surface area contributed by atoms with Gasteiger partial charge in [-0.15, -0.1) is 0 Å². The Hall–Kier alpha value is -0.650. The number of nitrogens with zero attached hydrogens (tertiary/aromatic N) is 3. The van der Waals surface area contributed by atoms with Crippen molar-refractivity contribution in [3.8, 4) is 0 Å². The van der Waals surface area contributed by atoms with Crippen LogP contribution in [-0.4, -0.2) is 85.2 Å². The summed E-state index contributed by atoms with van der Waals surface area (Å²) in [6, 6.07) is 0.601. The fourth-order valence-electron chi connectivity index (χ4n) is 3.72. The maximum atomic E-state index is 12.7. The predicted octanol–water partition coefficient (Wildman–Crippen LogP) is 2.07. The van der Waals surface area contributed by atoms with E-state index >= 15 is 0 Å². The van der Waals surface area contributed by atoms with Gasteiger partial charge in [-0.3, -0.25) is 9.69 Å². The maximum absolute atomic E-state index is 12.7. The quantitative estimate of drug-likeness (QED) is 0.665. The second-order valence-corrected chi connectivity index (χ2v) is 7.84. The second-order valence-electron chi connectivity index (χ2n) is 7.84. The number of piperidine rings is 1. The highest BCUT2D eigenvalue weighted by Gasteiger charge is 2.30. The van der Waals surface area contributed by atoms with Crippen molar-refractivity contribution in [2.75, 3.05) is 52.4 Å². The minimum atomic E-state index is 0.256. The zero-order valence-electron chi connectivity index (χ0n) is 16.2. The van der Waals surface area contributed by atoms with Crippen LogP contribution in [-0.2, 0) is 9.53 Å². The number of likely N-dealkylation sites (tertiary alicyclic amines) is 1. The van der Waals surface area contributed by atoms with Gasteiger partial charge in [-0.25, -0.2) is 0 Å². The molecule has 5 nitrogen and oxygen atoms in total. The van der Waals surface area contributed by atoms with Crippen molar-refractivity contribution < 1.29 is 9.53 Å². The van der Waals surface area contributed by atoms with E-state index < -0.39 is 0 Å². The van der Waals surface area contributed by atoms with Crippen molar-refractivity contribution in [1.29, 1.82) is 0 Å². The third-order valence-corrected chi connectivity index (χ3v) is 5.36. The lowest BCUT2D eigenvalue weighted by atomic mass is 9.94. The molecule has 2 aliphatic heterocycles. The van der Waals surface area contributed by atoms with Crippen molar-refractivity contribution in [3.63, 3.8) is 0 Å². The Bertz CT molecular complexity index is 371. The van der Waals surface area contributed by atoms with E-state index in [9.17, 15) is 4.79 Å². The van der Waals surface area contributed by atoms with Crippen LogP contribution >= 0.6 is 0 Å². The fourth-order valence-corrected chi connectivity index (χ4v) is 3.72. The molecule has 0 saturated carbocycles. The third-order valence-electron chi connectivity index (χ3n) is 5.36. The standard InChI is InChI=1S/C19H37N3O2/c1-16(2)21-9-6-18(7-10-21)19(23)22-13-11-20(12-14-22)8-5-15-24-17(3)4/h16-18H,5-15H2,1-4H3. The van der Waals surface area contributed by atoms with Crippen LogP contribution in [0.1, 0.15) is 47.0 Å². The molecule has 2 rings (SSSR count). The molecule has 1 amide bonds. The highest BCUT2D eigenvalue weighted by atomic mass is 16.5. The number of hydrogen-bond donors (Lipinski definition) is 0. The topological polar surface area (TPSA) is 36.0 Å². The van der Waals surface area contributed by atoms with Gasteiger partial charge in [0.05, 0.1) is 6.10 Å². The molecule has 0 atom stereocenters. The molecule has 0 N–H and O–H groups in total. The Balaban J connectivity index is 1.64. The first-order chi connectivity index (χ1) is 11.5. The van der Waals surface area contributed by atoms with Crippen LogP contribution in [0, 0.1) is 5.92 Å². The lowest BCUT2D eigenvalue weighted by Crippen LogP contribution is -2.52. The summed E-state index contributed by atoms with van der Waals surface area (Å²) in [5.41, 5.74) is 0. The highest BCUT2D eigenvalue weighted by molar-refractivity contribution is 5.79.